The lowest BCUT2D eigenvalue weighted by atomic mass is 10.00. The van der Waals surface area contributed by atoms with E-state index in [9.17, 15) is 15.0 Å². The van der Waals surface area contributed by atoms with Crippen molar-refractivity contribution in [2.24, 2.45) is 11.5 Å². The molecule has 0 bridgehead atoms. The number of hydrogen-bond acceptors (Lipinski definition) is 5. The van der Waals surface area contributed by atoms with Crippen molar-refractivity contribution in [2.75, 3.05) is 6.61 Å². The van der Waals surface area contributed by atoms with E-state index in [1.807, 2.05) is 0 Å². The lowest BCUT2D eigenvalue weighted by Gasteiger charge is -2.22. The highest BCUT2D eigenvalue weighted by atomic mass is 16.3. The minimum atomic E-state index is -1.02. The van der Waals surface area contributed by atoms with Crippen LogP contribution in [0.1, 0.15) is 97.3 Å². The number of carbonyl (C=O) groups excluding carboxylic acids is 1. The summed E-state index contributed by atoms with van der Waals surface area (Å²) in [7, 11) is 0. The molecule has 0 saturated carbocycles. The summed E-state index contributed by atoms with van der Waals surface area (Å²) in [6.07, 6.45) is 14.1. The van der Waals surface area contributed by atoms with Gasteiger partial charge < -0.3 is 26.8 Å². The summed E-state index contributed by atoms with van der Waals surface area (Å²) in [6, 6.07) is -0.743. The van der Waals surface area contributed by atoms with Gasteiger partial charge in [0.05, 0.1) is 24.9 Å². The van der Waals surface area contributed by atoms with Crippen LogP contribution in [0, 0.1) is 0 Å². The van der Waals surface area contributed by atoms with Gasteiger partial charge in [-0.25, -0.2) is 0 Å². The van der Waals surface area contributed by atoms with Gasteiger partial charge >= 0.3 is 0 Å². The van der Waals surface area contributed by atoms with E-state index < -0.39 is 18.2 Å². The maximum absolute atomic E-state index is 9.74. The van der Waals surface area contributed by atoms with Crippen molar-refractivity contribution in [1.82, 2.24) is 0 Å². The number of aliphatic hydroxyl groups excluding tert-OH is 3. The van der Waals surface area contributed by atoms with Crippen LogP contribution in [-0.4, -0.2) is 46.1 Å². The predicted molar refractivity (Wildman–Crippen MR) is 108 cm³/mol. The first-order valence-corrected chi connectivity index (χ1v) is 10.3. The Balaban J connectivity index is 0. The normalized spacial score (nSPS) is 14.2. The van der Waals surface area contributed by atoms with E-state index in [2.05, 4.69) is 12.7 Å². The molecule has 3 atom stereocenters. The molecule has 6 nitrogen and oxygen atoms in total. The molecule has 1 amide bonds. The van der Waals surface area contributed by atoms with Crippen LogP contribution >= 0.6 is 0 Å². The largest absolute Gasteiger partial charge is 0.395 e. The van der Waals surface area contributed by atoms with E-state index in [1.54, 1.807) is 0 Å². The van der Waals surface area contributed by atoms with Crippen molar-refractivity contribution in [3.05, 3.63) is 0 Å². The Morgan fingerprint density at radius 3 is 1.54 bits per heavy atom. The van der Waals surface area contributed by atoms with Crippen LogP contribution in [0.25, 0.3) is 0 Å². The average molecular weight is 377 g/mol. The SMILES string of the molecule is CC(N)=O.CCCCCCCCCCCCCCC(O)C(O)C(N)CO. The molecule has 0 aromatic rings. The number of aliphatic hydroxyl groups is 3. The van der Waals surface area contributed by atoms with Gasteiger partial charge in [-0.05, 0) is 6.42 Å². The minimum absolute atomic E-state index is 0.295. The monoisotopic (exact) mass is 376 g/mol. The Labute approximate surface area is 160 Å². The van der Waals surface area contributed by atoms with Gasteiger partial charge in [-0.15, -0.1) is 0 Å². The highest BCUT2D eigenvalue weighted by Gasteiger charge is 2.22. The second-order valence-electron chi connectivity index (χ2n) is 7.19. The number of nitrogens with two attached hydrogens (primary N) is 2. The van der Waals surface area contributed by atoms with Gasteiger partial charge in [0.25, 0.3) is 0 Å². The number of primary amides is 1. The maximum Gasteiger partial charge on any atom is 0.214 e. The summed E-state index contributed by atoms with van der Waals surface area (Å²) in [5.41, 5.74) is 9.97. The summed E-state index contributed by atoms with van der Waals surface area (Å²) in [5, 5.41) is 28.2. The lowest BCUT2D eigenvalue weighted by molar-refractivity contribution is -0.115. The Morgan fingerprint density at radius 2 is 1.19 bits per heavy atom. The van der Waals surface area contributed by atoms with Gasteiger partial charge in [0, 0.05) is 6.92 Å². The number of amides is 1. The first kappa shape index (κ1) is 27.5. The number of unbranched alkanes of at least 4 members (excludes halogenated alkanes) is 11. The van der Waals surface area contributed by atoms with Gasteiger partial charge in [0.15, 0.2) is 0 Å². The molecule has 0 aliphatic carbocycles. The van der Waals surface area contributed by atoms with Crippen LogP contribution in [0.2, 0.25) is 0 Å². The third-order valence-electron chi connectivity index (χ3n) is 4.40. The molecule has 0 rings (SSSR count). The fraction of sp³-hybridized carbons (Fsp3) is 0.950. The topological polar surface area (TPSA) is 130 Å². The van der Waals surface area contributed by atoms with Gasteiger partial charge in [-0.1, -0.05) is 84.0 Å². The quantitative estimate of drug-likeness (QED) is 0.264. The van der Waals surface area contributed by atoms with Gasteiger partial charge in [0.2, 0.25) is 5.91 Å². The zero-order chi connectivity index (χ0) is 20.2. The predicted octanol–water partition coefficient (Wildman–Crippen LogP) is 2.61. The van der Waals surface area contributed by atoms with Gasteiger partial charge in [-0.3, -0.25) is 4.79 Å². The zero-order valence-corrected chi connectivity index (χ0v) is 17.0. The Hall–Kier alpha value is -0.690. The summed E-state index contributed by atoms with van der Waals surface area (Å²) < 4.78 is 0. The zero-order valence-electron chi connectivity index (χ0n) is 17.0. The fourth-order valence-electron chi connectivity index (χ4n) is 2.76. The molecule has 0 radical (unpaired) electrons. The summed E-state index contributed by atoms with van der Waals surface area (Å²) in [4.78, 5) is 9.22. The Morgan fingerprint density at radius 1 is 0.846 bits per heavy atom. The molecule has 0 aliphatic rings. The highest BCUT2D eigenvalue weighted by molar-refractivity contribution is 5.70. The first-order valence-electron chi connectivity index (χ1n) is 10.3. The van der Waals surface area contributed by atoms with Crippen LogP contribution in [0.5, 0.6) is 0 Å². The molecular weight excluding hydrogens is 332 g/mol. The summed E-state index contributed by atoms with van der Waals surface area (Å²) in [5.74, 6) is -0.333. The maximum atomic E-state index is 9.74. The molecule has 0 fully saturated rings. The molecule has 0 aliphatic heterocycles. The number of carbonyl (C=O) groups is 1. The van der Waals surface area contributed by atoms with Gasteiger partial charge in [0.1, 0.15) is 0 Å². The molecule has 0 saturated heterocycles. The van der Waals surface area contributed by atoms with Crippen LogP contribution in [0.15, 0.2) is 0 Å². The van der Waals surface area contributed by atoms with E-state index >= 15 is 0 Å². The smallest absolute Gasteiger partial charge is 0.214 e. The van der Waals surface area contributed by atoms with E-state index in [0.29, 0.717) is 6.42 Å². The third-order valence-corrected chi connectivity index (χ3v) is 4.40. The molecule has 7 N–H and O–H groups in total. The average Bonchev–Trinajstić information content (AvgIpc) is 2.60. The van der Waals surface area contributed by atoms with Crippen LogP contribution < -0.4 is 11.5 Å². The van der Waals surface area contributed by atoms with E-state index in [0.717, 1.165) is 12.8 Å². The van der Waals surface area contributed by atoms with Crippen LogP contribution in [0.3, 0.4) is 0 Å². The first-order chi connectivity index (χ1) is 12.4. The van der Waals surface area contributed by atoms with E-state index in [4.69, 9.17) is 10.8 Å². The van der Waals surface area contributed by atoms with Crippen molar-refractivity contribution in [3.63, 3.8) is 0 Å². The molecule has 158 valence electrons. The highest BCUT2D eigenvalue weighted by Crippen LogP contribution is 2.14. The molecule has 3 unspecified atom stereocenters. The standard InChI is InChI=1S/C18H39NO3.C2H5NO/c1-2-3-4-5-6-7-8-9-10-11-12-13-14-17(21)18(22)16(19)15-20;1-2(3)4/h16-18,20-22H,2-15,19H2,1H3;1H3,(H2,3,4). The van der Waals surface area contributed by atoms with Crippen LogP contribution in [-0.2, 0) is 4.79 Å². The number of rotatable bonds is 16. The van der Waals surface area contributed by atoms with Crippen molar-refractivity contribution in [1.29, 1.82) is 0 Å². The molecule has 26 heavy (non-hydrogen) atoms. The fourth-order valence-corrected chi connectivity index (χ4v) is 2.76. The van der Waals surface area contributed by atoms with Crippen molar-refractivity contribution in [2.45, 2.75) is 116 Å². The molecule has 0 heterocycles. The number of hydrogen-bond donors (Lipinski definition) is 5. The molecular formula is C20H44N2O4. The minimum Gasteiger partial charge on any atom is -0.395 e. The molecule has 0 spiro atoms. The second-order valence-corrected chi connectivity index (χ2v) is 7.19. The Bertz CT molecular complexity index is 300. The lowest BCUT2D eigenvalue weighted by Crippen LogP contribution is -2.45. The molecule has 6 heteroatoms. The van der Waals surface area contributed by atoms with Crippen molar-refractivity contribution >= 4 is 5.91 Å². The van der Waals surface area contributed by atoms with Crippen molar-refractivity contribution < 1.29 is 20.1 Å². The second kappa shape index (κ2) is 20.6. The molecule has 0 aromatic heterocycles. The summed E-state index contributed by atoms with van der Waals surface area (Å²) in [6.45, 7) is 3.26. The van der Waals surface area contributed by atoms with Crippen molar-refractivity contribution in [3.8, 4) is 0 Å². The third kappa shape index (κ3) is 21.4. The molecule has 0 aromatic carbocycles. The Kier molecular flexibility index (Phi) is 21.8. The van der Waals surface area contributed by atoms with Gasteiger partial charge in [-0.2, -0.15) is 0 Å². The summed E-state index contributed by atoms with van der Waals surface area (Å²) >= 11 is 0. The van der Waals surface area contributed by atoms with E-state index in [-0.39, 0.29) is 12.5 Å². The van der Waals surface area contributed by atoms with Crippen LogP contribution in [0.4, 0.5) is 0 Å². The van der Waals surface area contributed by atoms with E-state index in [1.165, 1.54) is 71.1 Å².